The minimum atomic E-state index is 0.635. The lowest BCUT2D eigenvalue weighted by molar-refractivity contribution is 1.13. The molecule has 0 unspecified atom stereocenters. The van der Waals surface area contributed by atoms with E-state index in [9.17, 15) is 5.26 Å². The standard InChI is InChI=1S/C39H25N5/c40-25-27-11-17-32(18-12-27)43(30-7-3-1-4-8-30)35-21-15-28-14-20-34-36(22-16-29-13-19-33(35)38(28)39(29)34)44(31-9-5-2-6-10-31)37-26-41-23-24-42-37/h1-24,26H. The number of aromatic nitrogens is 2. The van der Waals surface area contributed by atoms with E-state index in [0.29, 0.717) is 5.56 Å². The number of anilines is 6. The van der Waals surface area contributed by atoms with E-state index in [-0.39, 0.29) is 0 Å². The maximum Gasteiger partial charge on any atom is 0.156 e. The Labute approximate surface area is 254 Å². The first-order chi connectivity index (χ1) is 21.8. The smallest absolute Gasteiger partial charge is 0.156 e. The van der Waals surface area contributed by atoms with Gasteiger partial charge in [0.1, 0.15) is 0 Å². The number of nitriles is 1. The molecule has 8 aromatic rings. The molecule has 206 valence electrons. The Hall–Kier alpha value is -6.25. The Bertz CT molecular complexity index is 2240. The third-order valence-electron chi connectivity index (χ3n) is 8.16. The highest BCUT2D eigenvalue weighted by atomic mass is 15.2. The second-order valence-electron chi connectivity index (χ2n) is 10.7. The van der Waals surface area contributed by atoms with Crippen LogP contribution in [-0.4, -0.2) is 9.97 Å². The fourth-order valence-corrected chi connectivity index (χ4v) is 6.23. The van der Waals surface area contributed by atoms with Crippen LogP contribution in [0.2, 0.25) is 0 Å². The van der Waals surface area contributed by atoms with Crippen molar-refractivity contribution in [2.45, 2.75) is 0 Å². The number of benzene rings is 7. The van der Waals surface area contributed by atoms with Gasteiger partial charge in [-0.1, -0.05) is 72.8 Å². The quantitative estimate of drug-likeness (QED) is 0.188. The average Bonchev–Trinajstić information content (AvgIpc) is 3.10. The van der Waals surface area contributed by atoms with Crippen molar-refractivity contribution in [3.63, 3.8) is 0 Å². The third-order valence-corrected chi connectivity index (χ3v) is 8.16. The predicted octanol–water partition coefficient (Wildman–Crippen LogP) is 10.2. The van der Waals surface area contributed by atoms with Crippen LogP contribution in [0.4, 0.5) is 34.3 Å². The summed E-state index contributed by atoms with van der Waals surface area (Å²) in [4.78, 5) is 13.5. The summed E-state index contributed by atoms with van der Waals surface area (Å²) in [5.41, 5.74) is 5.79. The number of hydrogen-bond acceptors (Lipinski definition) is 5. The van der Waals surface area contributed by atoms with Crippen LogP contribution in [0.15, 0.2) is 152 Å². The lowest BCUT2D eigenvalue weighted by Crippen LogP contribution is -2.12. The fraction of sp³-hybridized carbons (Fsp3) is 0. The van der Waals surface area contributed by atoms with Gasteiger partial charge < -0.3 is 4.90 Å². The molecule has 0 N–H and O–H groups in total. The van der Waals surface area contributed by atoms with Crippen molar-refractivity contribution in [1.82, 2.24) is 9.97 Å². The minimum Gasteiger partial charge on any atom is -0.310 e. The van der Waals surface area contributed by atoms with E-state index < -0.39 is 0 Å². The molecule has 44 heavy (non-hydrogen) atoms. The molecule has 5 nitrogen and oxygen atoms in total. The Kier molecular flexibility index (Phi) is 6.10. The van der Waals surface area contributed by atoms with Crippen LogP contribution in [0.25, 0.3) is 32.3 Å². The van der Waals surface area contributed by atoms with Crippen molar-refractivity contribution in [1.29, 1.82) is 5.26 Å². The first-order valence-corrected chi connectivity index (χ1v) is 14.5. The molecule has 0 saturated carbocycles. The zero-order valence-corrected chi connectivity index (χ0v) is 23.7. The Morgan fingerprint density at radius 3 is 1.57 bits per heavy atom. The average molecular weight is 564 g/mol. The van der Waals surface area contributed by atoms with Crippen molar-refractivity contribution in [3.8, 4) is 6.07 Å². The predicted molar refractivity (Wildman–Crippen MR) is 180 cm³/mol. The molecule has 1 aromatic heterocycles. The largest absolute Gasteiger partial charge is 0.310 e. The normalized spacial score (nSPS) is 11.2. The first-order valence-electron chi connectivity index (χ1n) is 14.5. The van der Waals surface area contributed by atoms with Crippen LogP contribution in [-0.2, 0) is 0 Å². The summed E-state index contributed by atoms with van der Waals surface area (Å²) in [5.74, 6) is 0.755. The molecule has 0 aliphatic rings. The van der Waals surface area contributed by atoms with Crippen LogP contribution >= 0.6 is 0 Å². The number of para-hydroxylation sites is 2. The second kappa shape index (κ2) is 10.5. The van der Waals surface area contributed by atoms with E-state index in [1.807, 2.05) is 48.5 Å². The molecular weight excluding hydrogens is 538 g/mol. The molecule has 0 fully saturated rings. The third kappa shape index (κ3) is 4.17. The minimum absolute atomic E-state index is 0.635. The van der Waals surface area contributed by atoms with Crippen molar-refractivity contribution < 1.29 is 0 Å². The van der Waals surface area contributed by atoms with Crippen molar-refractivity contribution >= 4 is 66.6 Å². The summed E-state index contributed by atoms with van der Waals surface area (Å²) >= 11 is 0. The van der Waals surface area contributed by atoms with E-state index in [1.54, 1.807) is 18.6 Å². The highest BCUT2D eigenvalue weighted by molar-refractivity contribution is 6.28. The first kappa shape index (κ1) is 25.5. The van der Waals surface area contributed by atoms with Gasteiger partial charge in [0, 0.05) is 40.2 Å². The van der Waals surface area contributed by atoms with Gasteiger partial charge in [-0.15, -0.1) is 0 Å². The molecule has 0 amide bonds. The van der Waals surface area contributed by atoms with Crippen molar-refractivity contribution in [2.24, 2.45) is 0 Å². The van der Waals surface area contributed by atoms with E-state index in [4.69, 9.17) is 4.98 Å². The zero-order chi connectivity index (χ0) is 29.5. The zero-order valence-electron chi connectivity index (χ0n) is 23.7. The highest BCUT2D eigenvalue weighted by Gasteiger charge is 2.21. The van der Waals surface area contributed by atoms with Gasteiger partial charge in [0.05, 0.1) is 29.2 Å². The maximum atomic E-state index is 9.43. The van der Waals surface area contributed by atoms with Crippen LogP contribution in [0.3, 0.4) is 0 Å². The summed E-state index contributed by atoms with van der Waals surface area (Å²) in [7, 11) is 0. The number of nitrogens with zero attached hydrogens (tertiary/aromatic N) is 5. The summed E-state index contributed by atoms with van der Waals surface area (Å²) in [6.07, 6.45) is 5.23. The van der Waals surface area contributed by atoms with Gasteiger partial charge in [0.2, 0.25) is 0 Å². The van der Waals surface area contributed by atoms with E-state index >= 15 is 0 Å². The highest BCUT2D eigenvalue weighted by Crippen LogP contribution is 2.47. The molecule has 0 aliphatic heterocycles. The van der Waals surface area contributed by atoms with Crippen LogP contribution in [0.5, 0.6) is 0 Å². The van der Waals surface area contributed by atoms with Gasteiger partial charge in [0.15, 0.2) is 5.82 Å². The summed E-state index contributed by atoms with van der Waals surface area (Å²) < 4.78 is 0. The van der Waals surface area contributed by atoms with Gasteiger partial charge in [-0.2, -0.15) is 5.26 Å². The van der Waals surface area contributed by atoms with Gasteiger partial charge in [-0.25, -0.2) is 4.98 Å². The van der Waals surface area contributed by atoms with E-state index in [1.165, 1.54) is 21.5 Å². The van der Waals surface area contributed by atoms with Crippen molar-refractivity contribution in [2.75, 3.05) is 9.80 Å². The van der Waals surface area contributed by atoms with Crippen LogP contribution in [0.1, 0.15) is 5.56 Å². The summed E-state index contributed by atoms with van der Waals surface area (Å²) in [6.45, 7) is 0. The van der Waals surface area contributed by atoms with Gasteiger partial charge in [0.25, 0.3) is 0 Å². The molecule has 0 spiro atoms. The maximum absolute atomic E-state index is 9.43. The van der Waals surface area contributed by atoms with E-state index in [2.05, 4.69) is 106 Å². The molecule has 0 aliphatic carbocycles. The molecule has 0 bridgehead atoms. The number of rotatable bonds is 6. The molecule has 7 aromatic carbocycles. The van der Waals surface area contributed by atoms with Crippen molar-refractivity contribution in [3.05, 3.63) is 158 Å². The fourth-order valence-electron chi connectivity index (χ4n) is 6.23. The van der Waals surface area contributed by atoms with Gasteiger partial charge in [-0.05, 0) is 82.2 Å². The topological polar surface area (TPSA) is 56.1 Å². The van der Waals surface area contributed by atoms with Crippen LogP contribution < -0.4 is 9.80 Å². The van der Waals surface area contributed by atoms with Gasteiger partial charge >= 0.3 is 0 Å². The molecule has 0 radical (unpaired) electrons. The second-order valence-corrected chi connectivity index (χ2v) is 10.7. The molecule has 8 rings (SSSR count). The molecule has 5 heteroatoms. The molecule has 1 heterocycles. The Morgan fingerprint density at radius 1 is 0.500 bits per heavy atom. The lowest BCUT2D eigenvalue weighted by atomic mass is 9.92. The monoisotopic (exact) mass is 563 g/mol. The SMILES string of the molecule is N#Cc1ccc(N(c2ccccc2)c2ccc3ccc4c(N(c5ccccc5)c5cnccn5)ccc5ccc2c3c54)cc1. The lowest BCUT2D eigenvalue weighted by Gasteiger charge is -2.28. The Balaban J connectivity index is 1.40. The molecule has 0 saturated heterocycles. The number of hydrogen-bond donors (Lipinski definition) is 0. The Morgan fingerprint density at radius 2 is 1.02 bits per heavy atom. The summed E-state index contributed by atoms with van der Waals surface area (Å²) in [6, 6.07) is 48.4. The summed E-state index contributed by atoms with van der Waals surface area (Å²) in [5, 5.41) is 16.5. The molecule has 0 atom stereocenters. The van der Waals surface area contributed by atoms with E-state index in [0.717, 1.165) is 45.0 Å². The van der Waals surface area contributed by atoms with Crippen LogP contribution in [0, 0.1) is 11.3 Å². The molecular formula is C39H25N5. The van der Waals surface area contributed by atoms with Gasteiger partial charge in [-0.3, -0.25) is 9.88 Å².